The van der Waals surface area contributed by atoms with E-state index in [0.29, 0.717) is 6.07 Å². The largest absolute Gasteiger partial charge is 0.460 e. The molecule has 1 aromatic carbocycles. The third-order valence-corrected chi connectivity index (χ3v) is 3.25. The second kappa shape index (κ2) is 5.82. The Labute approximate surface area is 125 Å². The summed E-state index contributed by atoms with van der Waals surface area (Å²) in [5, 5.41) is 15.3. The van der Waals surface area contributed by atoms with Gasteiger partial charge in [-0.15, -0.1) is 0 Å². The van der Waals surface area contributed by atoms with Crippen molar-refractivity contribution in [2.75, 3.05) is 0 Å². The number of halogens is 7. The molecule has 128 valence electrons. The van der Waals surface area contributed by atoms with Crippen LogP contribution in [0, 0.1) is 20.2 Å². The van der Waals surface area contributed by atoms with Crippen molar-refractivity contribution in [2.24, 2.45) is 0 Å². The van der Waals surface area contributed by atoms with E-state index in [1.807, 2.05) is 0 Å². The fourth-order valence-electron chi connectivity index (χ4n) is 1.21. The van der Waals surface area contributed by atoms with Crippen molar-refractivity contribution in [3.63, 3.8) is 0 Å². The van der Waals surface area contributed by atoms with Crippen LogP contribution in [0.1, 0.15) is 0 Å². The highest BCUT2D eigenvalue weighted by molar-refractivity contribution is 8.00. The molecule has 0 aliphatic rings. The Kier molecular flexibility index (Phi) is 4.79. The number of non-ortho nitro benzene ring substituents is 2. The van der Waals surface area contributed by atoms with Gasteiger partial charge < -0.3 is 0 Å². The first-order valence-corrected chi connectivity index (χ1v) is 5.96. The Morgan fingerprint density at radius 3 is 1.52 bits per heavy atom. The third-order valence-electron chi connectivity index (χ3n) is 2.27. The first-order valence-electron chi connectivity index (χ1n) is 5.14. The van der Waals surface area contributed by atoms with Crippen LogP contribution < -0.4 is 0 Å². The summed E-state index contributed by atoms with van der Waals surface area (Å²) in [6.45, 7) is 0. The lowest BCUT2D eigenvalue weighted by Gasteiger charge is -2.27. The van der Waals surface area contributed by atoms with Gasteiger partial charge in [0.2, 0.25) is 0 Å². The maximum absolute atomic E-state index is 13.2. The summed E-state index contributed by atoms with van der Waals surface area (Å²) in [6, 6.07) is 0.778. The van der Waals surface area contributed by atoms with Crippen LogP contribution in [0.5, 0.6) is 0 Å². The zero-order valence-electron chi connectivity index (χ0n) is 10.3. The predicted molar refractivity (Wildman–Crippen MR) is 61.6 cm³/mol. The molecule has 0 heterocycles. The van der Waals surface area contributed by atoms with E-state index in [-0.39, 0.29) is 12.1 Å². The van der Waals surface area contributed by atoms with Gasteiger partial charge in [0.15, 0.2) is 0 Å². The maximum atomic E-state index is 13.2. The topological polar surface area (TPSA) is 86.3 Å². The van der Waals surface area contributed by atoms with E-state index >= 15 is 0 Å². The van der Waals surface area contributed by atoms with Crippen molar-refractivity contribution in [1.82, 2.24) is 0 Å². The molecule has 0 atom stereocenters. The van der Waals surface area contributed by atoms with E-state index in [2.05, 4.69) is 0 Å². The minimum Gasteiger partial charge on any atom is -0.258 e. The third kappa shape index (κ3) is 3.80. The summed E-state index contributed by atoms with van der Waals surface area (Å²) in [7, 11) is 0. The van der Waals surface area contributed by atoms with Gasteiger partial charge in [0.25, 0.3) is 11.4 Å². The number of alkyl halides is 7. The zero-order chi connectivity index (χ0) is 18.2. The van der Waals surface area contributed by atoms with Gasteiger partial charge >= 0.3 is 17.4 Å². The summed E-state index contributed by atoms with van der Waals surface area (Å²) in [6.07, 6.45) is -6.59. The quantitative estimate of drug-likeness (QED) is 0.333. The highest BCUT2D eigenvalue weighted by Crippen LogP contribution is 2.54. The molecular weight excluding hydrogens is 365 g/mol. The number of hydrogen-bond acceptors (Lipinski definition) is 5. The van der Waals surface area contributed by atoms with Crippen molar-refractivity contribution in [3.05, 3.63) is 38.4 Å². The molecule has 0 N–H and O–H groups in total. The van der Waals surface area contributed by atoms with Crippen molar-refractivity contribution >= 4 is 23.1 Å². The van der Waals surface area contributed by atoms with Crippen LogP contribution in [-0.4, -0.2) is 27.2 Å². The van der Waals surface area contributed by atoms with E-state index in [0.717, 1.165) is 0 Å². The van der Waals surface area contributed by atoms with Crippen LogP contribution in [0.2, 0.25) is 0 Å². The lowest BCUT2D eigenvalue weighted by atomic mass is 10.3. The molecule has 0 aliphatic heterocycles. The molecule has 0 aliphatic carbocycles. The molecule has 0 aromatic heterocycles. The van der Waals surface area contributed by atoms with E-state index in [4.69, 9.17) is 0 Å². The van der Waals surface area contributed by atoms with Gasteiger partial charge in [-0.05, 0) is 11.8 Å². The second-order valence-corrected chi connectivity index (χ2v) is 5.08. The lowest BCUT2D eigenvalue weighted by Crippen LogP contribution is -2.49. The standard InChI is InChI=1S/C9H3F7N2O4S/c10-7(11,8(12,13)14)9(15,16)23-6-2-4(17(19)20)1-5(3-6)18(21)22/h1-3H. The van der Waals surface area contributed by atoms with Crippen molar-refractivity contribution < 1.29 is 40.6 Å². The van der Waals surface area contributed by atoms with Crippen LogP contribution in [0.25, 0.3) is 0 Å². The van der Waals surface area contributed by atoms with Crippen molar-refractivity contribution in [2.45, 2.75) is 22.2 Å². The predicted octanol–water partition coefficient (Wildman–Crippen LogP) is 4.39. The Morgan fingerprint density at radius 2 is 1.22 bits per heavy atom. The normalized spacial score (nSPS) is 13.0. The summed E-state index contributed by atoms with van der Waals surface area (Å²) < 4.78 is 87.9. The van der Waals surface area contributed by atoms with Gasteiger partial charge in [-0.1, -0.05) is 0 Å². The average molecular weight is 368 g/mol. The number of nitro groups is 2. The Hall–Kier alpha value is -2.12. The van der Waals surface area contributed by atoms with Crippen LogP contribution in [0.4, 0.5) is 42.1 Å². The highest BCUT2D eigenvalue weighted by Gasteiger charge is 2.73. The van der Waals surface area contributed by atoms with Gasteiger partial charge in [0, 0.05) is 17.0 Å². The van der Waals surface area contributed by atoms with Crippen LogP contribution >= 0.6 is 11.8 Å². The number of rotatable bonds is 5. The molecule has 14 heteroatoms. The monoisotopic (exact) mass is 368 g/mol. The molecule has 0 amide bonds. The molecule has 1 aromatic rings. The molecule has 23 heavy (non-hydrogen) atoms. The van der Waals surface area contributed by atoms with Gasteiger partial charge in [0.05, 0.1) is 15.9 Å². The molecule has 0 fully saturated rings. The zero-order valence-corrected chi connectivity index (χ0v) is 11.1. The number of nitrogens with zero attached hydrogens (tertiary/aromatic N) is 2. The SMILES string of the molecule is O=[N+]([O-])c1cc(SC(F)(F)C(F)(F)C(F)(F)F)cc([N+](=O)[O-])c1. The van der Waals surface area contributed by atoms with E-state index in [1.54, 1.807) is 0 Å². The van der Waals surface area contributed by atoms with Crippen LogP contribution in [-0.2, 0) is 0 Å². The summed E-state index contributed by atoms with van der Waals surface area (Å²) in [5.74, 6) is -6.45. The molecule has 0 radical (unpaired) electrons. The Balaban J connectivity index is 3.32. The summed E-state index contributed by atoms with van der Waals surface area (Å²) >= 11 is -1.37. The molecule has 6 nitrogen and oxygen atoms in total. The fraction of sp³-hybridized carbons (Fsp3) is 0.333. The first-order chi connectivity index (χ1) is 10.2. The Morgan fingerprint density at radius 1 is 0.826 bits per heavy atom. The van der Waals surface area contributed by atoms with Crippen molar-refractivity contribution in [1.29, 1.82) is 0 Å². The molecular formula is C9H3F7N2O4S. The minimum absolute atomic E-state index is 0.220. The van der Waals surface area contributed by atoms with E-state index in [9.17, 15) is 51.0 Å². The van der Waals surface area contributed by atoms with Gasteiger partial charge in [0.1, 0.15) is 0 Å². The van der Waals surface area contributed by atoms with Gasteiger partial charge in [-0.2, -0.15) is 30.7 Å². The number of benzene rings is 1. The summed E-state index contributed by atoms with van der Waals surface area (Å²) in [5.41, 5.74) is -2.24. The van der Waals surface area contributed by atoms with E-state index in [1.165, 1.54) is 0 Å². The number of nitro benzene ring substituents is 2. The number of hydrogen-bond donors (Lipinski definition) is 0. The van der Waals surface area contributed by atoms with Crippen LogP contribution in [0.15, 0.2) is 23.1 Å². The molecule has 0 spiro atoms. The van der Waals surface area contributed by atoms with Gasteiger partial charge in [-0.25, -0.2) is 0 Å². The minimum atomic E-state index is -6.59. The smallest absolute Gasteiger partial charge is 0.258 e. The Bertz CT molecular complexity index is 617. The molecule has 0 bridgehead atoms. The molecule has 1 rings (SSSR count). The highest BCUT2D eigenvalue weighted by atomic mass is 32.2. The molecule has 0 saturated carbocycles. The van der Waals surface area contributed by atoms with E-state index < -0.39 is 55.2 Å². The maximum Gasteiger partial charge on any atom is 0.460 e. The first kappa shape index (κ1) is 18.9. The van der Waals surface area contributed by atoms with Crippen LogP contribution in [0.3, 0.4) is 0 Å². The second-order valence-electron chi connectivity index (χ2n) is 3.89. The average Bonchev–Trinajstić information content (AvgIpc) is 2.35. The fourth-order valence-corrected chi connectivity index (χ4v) is 2.11. The number of thioether (sulfide) groups is 1. The van der Waals surface area contributed by atoms with Gasteiger partial charge in [-0.3, -0.25) is 20.2 Å². The van der Waals surface area contributed by atoms with Crippen molar-refractivity contribution in [3.8, 4) is 0 Å². The lowest BCUT2D eigenvalue weighted by molar-refractivity contribution is -0.394. The molecule has 0 saturated heterocycles. The summed E-state index contributed by atoms with van der Waals surface area (Å²) in [4.78, 5) is 17.3. The molecule has 0 unspecified atom stereocenters.